The van der Waals surface area contributed by atoms with Gasteiger partial charge in [0.15, 0.2) is 6.29 Å². The number of carbonyl (C=O) groups excluding carboxylic acids is 3. The third-order valence-electron chi connectivity index (χ3n) is 6.56. The molecule has 212 valence electrons. The lowest BCUT2D eigenvalue weighted by atomic mass is 9.94. The molecule has 2 atom stereocenters. The van der Waals surface area contributed by atoms with Crippen molar-refractivity contribution in [1.82, 2.24) is 10.8 Å². The summed E-state index contributed by atoms with van der Waals surface area (Å²) in [7, 11) is 0. The van der Waals surface area contributed by atoms with Crippen molar-refractivity contribution in [2.24, 2.45) is 0 Å². The third kappa shape index (κ3) is 8.69. The van der Waals surface area contributed by atoms with Gasteiger partial charge in [-0.1, -0.05) is 25.5 Å². The quantitative estimate of drug-likeness (QED) is 0.300. The molecule has 1 aromatic heterocycles. The fourth-order valence-electron chi connectivity index (χ4n) is 4.60. The number of amides is 3. The summed E-state index contributed by atoms with van der Waals surface area (Å²) >= 11 is 3.52. The molecular weight excluding hydrogens is 538 g/mol. The highest BCUT2D eigenvalue weighted by atomic mass is 32.2. The lowest BCUT2D eigenvalue weighted by Crippen LogP contribution is -2.37. The predicted octanol–water partition coefficient (Wildman–Crippen LogP) is 5.57. The van der Waals surface area contributed by atoms with Crippen LogP contribution in [0.4, 0.5) is 10.5 Å². The highest BCUT2D eigenvalue weighted by Gasteiger charge is 2.38. The Hall–Kier alpha value is -2.60. The molecule has 0 aliphatic carbocycles. The van der Waals surface area contributed by atoms with Gasteiger partial charge in [-0.25, -0.2) is 15.1 Å². The minimum absolute atomic E-state index is 0.134. The van der Waals surface area contributed by atoms with Crippen LogP contribution >= 0.6 is 23.1 Å². The van der Waals surface area contributed by atoms with Gasteiger partial charge in [-0.3, -0.25) is 9.59 Å². The molecule has 2 aliphatic heterocycles. The molecule has 2 saturated heterocycles. The van der Waals surface area contributed by atoms with Crippen LogP contribution in [0.2, 0.25) is 0 Å². The molecule has 2 fully saturated rings. The van der Waals surface area contributed by atoms with Crippen molar-refractivity contribution < 1.29 is 28.7 Å². The summed E-state index contributed by atoms with van der Waals surface area (Å²) < 4.78 is 10.2. The van der Waals surface area contributed by atoms with Crippen LogP contribution in [0.3, 0.4) is 0 Å². The summed E-state index contributed by atoms with van der Waals surface area (Å²) in [5, 5.41) is 5.27. The highest BCUT2D eigenvalue weighted by Crippen LogP contribution is 2.51. The molecule has 9 nitrogen and oxygen atoms in total. The number of carbonyl (C=O) groups is 3. The number of hydrogen-bond acceptors (Lipinski definition) is 8. The lowest BCUT2D eigenvalue weighted by Gasteiger charge is -2.35. The molecule has 0 spiro atoms. The molecule has 0 saturated carbocycles. The first-order chi connectivity index (χ1) is 19.0. The van der Waals surface area contributed by atoms with E-state index in [1.165, 1.54) is 0 Å². The molecule has 4 rings (SSSR count). The molecule has 3 amide bonds. The monoisotopic (exact) mass is 575 g/mol. The molecule has 1 unspecified atom stereocenters. The molecule has 2 aromatic rings. The first-order valence-electron chi connectivity index (χ1n) is 13.6. The number of hydroxylamine groups is 1. The van der Waals surface area contributed by atoms with Gasteiger partial charge in [-0.05, 0) is 67.7 Å². The topological polar surface area (TPSA) is 115 Å². The van der Waals surface area contributed by atoms with Crippen molar-refractivity contribution in [2.45, 2.75) is 69.3 Å². The molecular formula is C28H37N3O6S2. The average molecular weight is 576 g/mol. The van der Waals surface area contributed by atoms with E-state index >= 15 is 0 Å². The zero-order valence-electron chi connectivity index (χ0n) is 22.3. The summed E-state index contributed by atoms with van der Waals surface area (Å²) in [6.07, 6.45) is 6.07. The van der Waals surface area contributed by atoms with Gasteiger partial charge in [-0.2, -0.15) is 0 Å². The summed E-state index contributed by atoms with van der Waals surface area (Å²) in [5.41, 5.74) is 4.25. The number of benzene rings is 1. The maximum Gasteiger partial charge on any atom is 0.407 e. The van der Waals surface area contributed by atoms with Crippen molar-refractivity contribution in [1.29, 1.82) is 0 Å². The summed E-state index contributed by atoms with van der Waals surface area (Å²) in [5.74, 6) is 0.538. The number of alkyl carbamates (subject to hydrolysis) is 1. The first-order valence-corrected chi connectivity index (χ1v) is 15.4. The Morgan fingerprint density at radius 1 is 1.10 bits per heavy atom. The van der Waals surface area contributed by atoms with Gasteiger partial charge < -0.3 is 20.1 Å². The number of thiophene rings is 1. The van der Waals surface area contributed by atoms with Gasteiger partial charge in [0, 0.05) is 34.9 Å². The molecule has 1 aromatic carbocycles. The van der Waals surface area contributed by atoms with Crippen LogP contribution in [0.5, 0.6) is 0 Å². The Balaban J connectivity index is 1.38. The Morgan fingerprint density at radius 3 is 2.77 bits per heavy atom. The van der Waals surface area contributed by atoms with Crippen LogP contribution in [0.1, 0.15) is 63.2 Å². The summed E-state index contributed by atoms with van der Waals surface area (Å²) in [4.78, 5) is 44.6. The zero-order valence-corrected chi connectivity index (χ0v) is 23.9. The normalized spacial score (nSPS) is 21.1. The first kappa shape index (κ1) is 29.4. The predicted molar refractivity (Wildman–Crippen MR) is 153 cm³/mol. The van der Waals surface area contributed by atoms with Gasteiger partial charge in [0.25, 0.3) is 0 Å². The van der Waals surface area contributed by atoms with Gasteiger partial charge >= 0.3 is 6.09 Å². The van der Waals surface area contributed by atoms with E-state index in [1.807, 2.05) is 43.0 Å². The SMILES string of the molecule is CCCOC(=O)NCC(=O)Nc1cccc(-c2ccc([C@@]3(CC(=O)NOC4CCCCO4)CCCCS3)s2)c1. The second kappa shape index (κ2) is 14.7. The lowest BCUT2D eigenvalue weighted by molar-refractivity contribution is -0.200. The number of ether oxygens (including phenoxy) is 2. The van der Waals surface area contributed by atoms with Crippen LogP contribution in [0.25, 0.3) is 10.4 Å². The Morgan fingerprint density at radius 2 is 2.00 bits per heavy atom. The summed E-state index contributed by atoms with van der Waals surface area (Å²) in [6.45, 7) is 2.70. The molecule has 0 radical (unpaired) electrons. The maximum absolute atomic E-state index is 12.9. The smallest absolute Gasteiger partial charge is 0.407 e. The number of nitrogens with one attached hydrogen (secondary N) is 3. The van der Waals surface area contributed by atoms with Crippen molar-refractivity contribution in [3.8, 4) is 10.4 Å². The van der Waals surface area contributed by atoms with Gasteiger partial charge in [0.1, 0.15) is 6.54 Å². The van der Waals surface area contributed by atoms with E-state index in [2.05, 4.69) is 28.2 Å². The molecule has 39 heavy (non-hydrogen) atoms. The van der Waals surface area contributed by atoms with E-state index in [9.17, 15) is 14.4 Å². The number of hydrogen-bond donors (Lipinski definition) is 3. The van der Waals surface area contributed by atoms with Gasteiger partial charge in [0.2, 0.25) is 11.8 Å². The van der Waals surface area contributed by atoms with Gasteiger partial charge in [-0.15, -0.1) is 23.1 Å². The second-order valence-corrected chi connectivity index (χ2v) is 12.3. The van der Waals surface area contributed by atoms with Crippen molar-refractivity contribution in [3.63, 3.8) is 0 Å². The fourth-order valence-corrected chi connectivity index (χ4v) is 7.48. The zero-order chi connectivity index (χ0) is 27.5. The largest absolute Gasteiger partial charge is 0.450 e. The van der Waals surface area contributed by atoms with Crippen molar-refractivity contribution in [3.05, 3.63) is 41.3 Å². The molecule has 3 heterocycles. The standard InChI is InChI=1S/C28H37N3O6S2/c1-2-14-36-27(34)29-19-25(33)30-21-9-7-8-20(17-21)22-11-12-23(39-22)28(13-4-6-16-38-28)18-24(32)31-37-26-10-3-5-15-35-26/h7-9,11-12,17,26H,2-6,10,13-16,18-19H2,1H3,(H,29,34)(H,30,33)(H,31,32)/t26?,28-/m0/s1. The van der Waals surface area contributed by atoms with E-state index in [0.717, 1.165) is 59.6 Å². The maximum atomic E-state index is 12.9. The van der Waals surface area contributed by atoms with Crippen LogP contribution in [-0.4, -0.2) is 49.7 Å². The van der Waals surface area contributed by atoms with E-state index in [1.54, 1.807) is 11.3 Å². The van der Waals surface area contributed by atoms with E-state index in [4.69, 9.17) is 14.3 Å². The highest BCUT2D eigenvalue weighted by molar-refractivity contribution is 8.00. The minimum atomic E-state index is -0.607. The van der Waals surface area contributed by atoms with Crippen molar-refractivity contribution >= 4 is 46.7 Å². The number of rotatable bonds is 11. The molecule has 0 bridgehead atoms. The molecule has 2 aliphatic rings. The minimum Gasteiger partial charge on any atom is -0.450 e. The molecule has 3 N–H and O–H groups in total. The number of thioether (sulfide) groups is 1. The third-order valence-corrected chi connectivity index (χ3v) is 9.64. The summed E-state index contributed by atoms with van der Waals surface area (Å²) in [6, 6.07) is 11.8. The van der Waals surface area contributed by atoms with Gasteiger partial charge in [0.05, 0.1) is 11.4 Å². The molecule has 11 heteroatoms. The van der Waals surface area contributed by atoms with Crippen LogP contribution in [0, 0.1) is 0 Å². The van der Waals surface area contributed by atoms with Crippen molar-refractivity contribution in [2.75, 3.05) is 30.8 Å². The van der Waals surface area contributed by atoms with Crippen LogP contribution in [0.15, 0.2) is 36.4 Å². The fraction of sp³-hybridized carbons (Fsp3) is 0.536. The van der Waals surface area contributed by atoms with Crippen LogP contribution in [-0.2, 0) is 28.6 Å². The van der Waals surface area contributed by atoms with Crippen LogP contribution < -0.4 is 16.1 Å². The number of anilines is 1. The second-order valence-electron chi connectivity index (χ2n) is 9.70. The van der Waals surface area contributed by atoms with E-state index < -0.39 is 6.09 Å². The van der Waals surface area contributed by atoms with E-state index in [0.29, 0.717) is 31.7 Å². The Kier molecular flexibility index (Phi) is 11.1. The average Bonchev–Trinajstić information content (AvgIpc) is 3.47. The Bertz CT molecular complexity index is 1110. The van der Waals surface area contributed by atoms with E-state index in [-0.39, 0.29) is 29.4 Å². The Labute approximate surface area is 237 Å².